The van der Waals surface area contributed by atoms with Gasteiger partial charge in [0.05, 0.1) is 0 Å². The second kappa shape index (κ2) is 5.92. The Bertz CT molecular complexity index is 266. The van der Waals surface area contributed by atoms with Gasteiger partial charge in [-0.25, -0.2) is 0 Å². The van der Waals surface area contributed by atoms with Gasteiger partial charge in [0.25, 0.3) is 0 Å². The predicted octanol–water partition coefficient (Wildman–Crippen LogP) is 3.26. The van der Waals surface area contributed by atoms with Crippen molar-refractivity contribution in [1.29, 1.82) is 0 Å². The summed E-state index contributed by atoms with van der Waals surface area (Å²) in [6.07, 6.45) is 8.19. The molecular formula is C16H32N2. The number of hydrogen-bond acceptors (Lipinski definition) is 2. The maximum Gasteiger partial charge on any atom is 0.0357 e. The number of nitrogens with zero attached hydrogens (tertiary/aromatic N) is 1. The van der Waals surface area contributed by atoms with Crippen LogP contribution in [-0.2, 0) is 0 Å². The van der Waals surface area contributed by atoms with Gasteiger partial charge in [0.2, 0.25) is 0 Å². The van der Waals surface area contributed by atoms with Crippen molar-refractivity contribution in [2.24, 2.45) is 23.5 Å². The third-order valence-electron chi connectivity index (χ3n) is 5.74. The van der Waals surface area contributed by atoms with Crippen LogP contribution in [0.2, 0.25) is 0 Å². The van der Waals surface area contributed by atoms with Gasteiger partial charge >= 0.3 is 0 Å². The van der Waals surface area contributed by atoms with Crippen LogP contribution >= 0.6 is 0 Å². The average molecular weight is 252 g/mol. The summed E-state index contributed by atoms with van der Waals surface area (Å²) in [6.45, 7) is 10.7. The first-order valence-corrected chi connectivity index (χ1v) is 8.03. The van der Waals surface area contributed by atoms with E-state index in [1.54, 1.807) is 0 Å². The fourth-order valence-electron chi connectivity index (χ4n) is 4.29. The van der Waals surface area contributed by atoms with E-state index in [0.717, 1.165) is 24.3 Å². The molecule has 2 nitrogen and oxygen atoms in total. The van der Waals surface area contributed by atoms with Crippen molar-refractivity contribution < 1.29 is 0 Å². The molecule has 0 amide bonds. The van der Waals surface area contributed by atoms with Gasteiger partial charge in [0.1, 0.15) is 0 Å². The molecule has 1 heterocycles. The molecule has 106 valence electrons. The lowest BCUT2D eigenvalue weighted by Gasteiger charge is -2.51. The molecule has 0 aromatic carbocycles. The highest BCUT2D eigenvalue weighted by Gasteiger charge is 2.43. The molecule has 0 aromatic rings. The van der Waals surface area contributed by atoms with Gasteiger partial charge in [-0.2, -0.15) is 0 Å². The minimum atomic E-state index is 0.316. The quantitative estimate of drug-likeness (QED) is 0.817. The van der Waals surface area contributed by atoms with Crippen LogP contribution in [0, 0.1) is 17.8 Å². The molecule has 0 radical (unpaired) electrons. The molecule has 4 unspecified atom stereocenters. The minimum absolute atomic E-state index is 0.316. The van der Waals surface area contributed by atoms with E-state index >= 15 is 0 Å². The summed E-state index contributed by atoms with van der Waals surface area (Å²) in [4.78, 5) is 2.77. The highest BCUT2D eigenvalue weighted by Crippen LogP contribution is 2.41. The summed E-state index contributed by atoms with van der Waals surface area (Å²) in [5.41, 5.74) is 6.56. The largest absolute Gasteiger partial charge is 0.329 e. The lowest BCUT2D eigenvalue weighted by Crippen LogP contribution is -2.60. The topological polar surface area (TPSA) is 29.3 Å². The highest BCUT2D eigenvalue weighted by atomic mass is 15.2. The van der Waals surface area contributed by atoms with Gasteiger partial charge in [-0.1, -0.05) is 20.8 Å². The van der Waals surface area contributed by atoms with E-state index in [0.29, 0.717) is 5.54 Å². The molecule has 2 heteroatoms. The Labute approximate surface area is 113 Å². The molecule has 1 aliphatic carbocycles. The van der Waals surface area contributed by atoms with Gasteiger partial charge in [-0.3, -0.25) is 4.90 Å². The molecule has 0 aromatic heterocycles. The number of rotatable bonds is 2. The van der Waals surface area contributed by atoms with E-state index in [4.69, 9.17) is 5.73 Å². The van der Waals surface area contributed by atoms with Gasteiger partial charge in [-0.15, -0.1) is 0 Å². The van der Waals surface area contributed by atoms with Crippen LogP contribution in [0.1, 0.15) is 59.3 Å². The zero-order chi connectivity index (χ0) is 13.2. The zero-order valence-electron chi connectivity index (χ0n) is 12.6. The minimum Gasteiger partial charge on any atom is -0.329 e. The molecule has 1 aliphatic heterocycles. The van der Waals surface area contributed by atoms with E-state index in [1.807, 2.05) is 0 Å². The van der Waals surface area contributed by atoms with Crippen molar-refractivity contribution in [3.05, 3.63) is 0 Å². The molecule has 0 spiro atoms. The molecule has 18 heavy (non-hydrogen) atoms. The van der Waals surface area contributed by atoms with Crippen molar-refractivity contribution in [2.75, 3.05) is 19.6 Å². The Morgan fingerprint density at radius 2 is 1.83 bits per heavy atom. The highest BCUT2D eigenvalue weighted by molar-refractivity contribution is 5.00. The van der Waals surface area contributed by atoms with Crippen molar-refractivity contribution in [3.63, 3.8) is 0 Å². The van der Waals surface area contributed by atoms with Crippen molar-refractivity contribution in [2.45, 2.75) is 64.8 Å². The zero-order valence-corrected chi connectivity index (χ0v) is 12.6. The average Bonchev–Trinajstić information content (AvgIpc) is 2.56. The second-order valence-electron chi connectivity index (χ2n) is 7.11. The summed E-state index contributed by atoms with van der Waals surface area (Å²) >= 11 is 0. The third-order valence-corrected chi connectivity index (χ3v) is 5.74. The Kier molecular flexibility index (Phi) is 4.71. The summed E-state index contributed by atoms with van der Waals surface area (Å²) in [5.74, 6) is 2.56. The lowest BCUT2D eigenvalue weighted by atomic mass is 9.69. The van der Waals surface area contributed by atoms with E-state index in [1.165, 1.54) is 51.6 Å². The summed E-state index contributed by atoms with van der Waals surface area (Å²) in [7, 11) is 0. The van der Waals surface area contributed by atoms with Crippen molar-refractivity contribution in [3.8, 4) is 0 Å². The van der Waals surface area contributed by atoms with Crippen LogP contribution < -0.4 is 5.73 Å². The maximum atomic E-state index is 6.25. The van der Waals surface area contributed by atoms with E-state index in [-0.39, 0.29) is 0 Å². The van der Waals surface area contributed by atoms with E-state index in [9.17, 15) is 0 Å². The van der Waals surface area contributed by atoms with E-state index < -0.39 is 0 Å². The fourth-order valence-corrected chi connectivity index (χ4v) is 4.29. The Morgan fingerprint density at radius 3 is 2.50 bits per heavy atom. The smallest absolute Gasteiger partial charge is 0.0357 e. The van der Waals surface area contributed by atoms with Gasteiger partial charge in [-0.05, 0) is 69.4 Å². The normalized spacial score (nSPS) is 43.7. The van der Waals surface area contributed by atoms with Gasteiger partial charge in [0, 0.05) is 12.1 Å². The first-order chi connectivity index (χ1) is 8.58. The molecule has 1 saturated carbocycles. The predicted molar refractivity (Wildman–Crippen MR) is 78.6 cm³/mol. The first-order valence-electron chi connectivity index (χ1n) is 8.03. The Morgan fingerprint density at radius 1 is 1.06 bits per heavy atom. The van der Waals surface area contributed by atoms with Gasteiger partial charge < -0.3 is 5.73 Å². The summed E-state index contributed by atoms with van der Waals surface area (Å²) in [6, 6.07) is 0. The number of hydrogen-bond donors (Lipinski definition) is 1. The Balaban J connectivity index is 2.10. The Hall–Kier alpha value is -0.0800. The molecule has 2 rings (SSSR count). The van der Waals surface area contributed by atoms with Crippen molar-refractivity contribution >= 4 is 0 Å². The standard InChI is InChI=1S/C16H32N2/c1-13-5-4-9-18(10-7-13)16(12-17)8-6-14(2)11-15(16)3/h13-15H,4-12,17H2,1-3H3. The summed E-state index contributed by atoms with van der Waals surface area (Å²) < 4.78 is 0. The number of likely N-dealkylation sites (tertiary alicyclic amines) is 1. The van der Waals surface area contributed by atoms with Gasteiger partial charge in [0.15, 0.2) is 0 Å². The van der Waals surface area contributed by atoms with Crippen LogP contribution in [0.15, 0.2) is 0 Å². The second-order valence-corrected chi connectivity index (χ2v) is 7.11. The van der Waals surface area contributed by atoms with Crippen molar-refractivity contribution in [1.82, 2.24) is 4.90 Å². The molecule has 2 fully saturated rings. The van der Waals surface area contributed by atoms with Crippen LogP contribution in [0.3, 0.4) is 0 Å². The molecular weight excluding hydrogens is 220 g/mol. The number of nitrogens with two attached hydrogens (primary N) is 1. The molecule has 2 N–H and O–H groups in total. The first kappa shape index (κ1) is 14.3. The SMILES string of the molecule is CC1CCCN(C2(CN)CCC(C)CC2C)CC1. The molecule has 0 bridgehead atoms. The van der Waals surface area contributed by atoms with Crippen LogP contribution in [0.25, 0.3) is 0 Å². The fraction of sp³-hybridized carbons (Fsp3) is 1.00. The lowest BCUT2D eigenvalue weighted by molar-refractivity contribution is 0.00141. The van der Waals surface area contributed by atoms with E-state index in [2.05, 4.69) is 25.7 Å². The maximum absolute atomic E-state index is 6.25. The van der Waals surface area contributed by atoms with Crippen LogP contribution in [0.4, 0.5) is 0 Å². The monoisotopic (exact) mass is 252 g/mol. The molecule has 4 atom stereocenters. The van der Waals surface area contributed by atoms with Crippen LogP contribution in [0.5, 0.6) is 0 Å². The molecule has 1 saturated heterocycles. The summed E-state index contributed by atoms with van der Waals surface area (Å²) in [5, 5.41) is 0. The van der Waals surface area contributed by atoms with Crippen LogP contribution in [-0.4, -0.2) is 30.1 Å². The molecule has 2 aliphatic rings. The third kappa shape index (κ3) is 2.75.